The Balaban J connectivity index is 2.03. The molecule has 2 aliphatic rings. The van der Waals surface area contributed by atoms with E-state index in [1.807, 2.05) is 28.2 Å². The Hall–Kier alpha value is -0.770. The highest BCUT2D eigenvalue weighted by atomic mass is 16.5. The van der Waals surface area contributed by atoms with E-state index in [9.17, 15) is 0 Å². The molecule has 98 valence electrons. The number of fused-ring (bicyclic) bond motifs is 2. The van der Waals surface area contributed by atoms with Crippen molar-refractivity contribution in [3.63, 3.8) is 0 Å². The third-order valence-electron chi connectivity index (χ3n) is 3.96. The van der Waals surface area contributed by atoms with Crippen molar-refractivity contribution in [2.45, 2.75) is 38.4 Å². The molecule has 0 amide bonds. The first-order valence-corrected chi connectivity index (χ1v) is 6.47. The Morgan fingerprint density at radius 2 is 1.88 bits per heavy atom. The topological polar surface area (TPSA) is 28.1 Å². The summed E-state index contributed by atoms with van der Waals surface area (Å²) in [5.41, 5.74) is 0.250. The van der Waals surface area contributed by atoms with Crippen LogP contribution in [0.25, 0.3) is 0 Å². The van der Waals surface area contributed by atoms with Gasteiger partial charge >= 0.3 is 0 Å². The first kappa shape index (κ1) is 12.7. The van der Waals surface area contributed by atoms with E-state index in [1.54, 1.807) is 0 Å². The summed E-state index contributed by atoms with van der Waals surface area (Å²) in [5.74, 6) is 1.04. The van der Waals surface area contributed by atoms with E-state index in [-0.39, 0.29) is 5.41 Å². The van der Waals surface area contributed by atoms with E-state index < -0.39 is 0 Å². The van der Waals surface area contributed by atoms with Gasteiger partial charge in [-0.2, -0.15) is 0 Å². The molecular weight excluding hydrogens is 214 g/mol. The van der Waals surface area contributed by atoms with Crippen LogP contribution < -0.4 is 0 Å². The van der Waals surface area contributed by atoms with Crippen LogP contribution in [0, 0.1) is 5.41 Å². The summed E-state index contributed by atoms with van der Waals surface area (Å²) in [6.07, 6.45) is 4.58. The van der Waals surface area contributed by atoms with Crippen molar-refractivity contribution in [3.8, 4) is 0 Å². The molecular formula is C13H25N3O. The number of rotatable bonds is 2. The third kappa shape index (κ3) is 2.41. The van der Waals surface area contributed by atoms with Gasteiger partial charge in [-0.1, -0.05) is 6.92 Å². The van der Waals surface area contributed by atoms with Crippen LogP contribution in [0.2, 0.25) is 0 Å². The highest BCUT2D eigenvalue weighted by Gasteiger charge is 2.49. The lowest BCUT2D eigenvalue weighted by Crippen LogP contribution is -2.38. The molecule has 0 aliphatic carbocycles. The maximum atomic E-state index is 5.94. The summed E-state index contributed by atoms with van der Waals surface area (Å²) in [6, 6.07) is 0. The van der Waals surface area contributed by atoms with Gasteiger partial charge in [-0.3, -0.25) is 4.99 Å². The van der Waals surface area contributed by atoms with Crippen molar-refractivity contribution in [2.75, 3.05) is 34.7 Å². The summed E-state index contributed by atoms with van der Waals surface area (Å²) in [4.78, 5) is 8.92. The number of aliphatic imine (C=N–C) groups is 1. The molecule has 2 saturated heterocycles. The monoisotopic (exact) mass is 239 g/mol. The second-order valence-corrected chi connectivity index (χ2v) is 6.09. The molecule has 2 bridgehead atoms. The van der Waals surface area contributed by atoms with Crippen LogP contribution in [0.5, 0.6) is 0 Å². The Labute approximate surface area is 105 Å². The van der Waals surface area contributed by atoms with E-state index >= 15 is 0 Å². The zero-order valence-electron chi connectivity index (χ0n) is 11.7. The molecule has 0 aromatic carbocycles. The first-order valence-electron chi connectivity index (χ1n) is 6.47. The predicted octanol–water partition coefficient (Wildman–Crippen LogP) is 1.42. The average molecular weight is 239 g/mol. The Bertz CT molecular complexity index is 304. The summed E-state index contributed by atoms with van der Waals surface area (Å²) in [7, 11) is 8.16. The molecule has 0 aromatic heterocycles. The Morgan fingerprint density at radius 1 is 1.24 bits per heavy atom. The number of hydrogen-bond donors (Lipinski definition) is 0. The summed E-state index contributed by atoms with van der Waals surface area (Å²) >= 11 is 0. The van der Waals surface area contributed by atoms with E-state index in [4.69, 9.17) is 9.73 Å². The molecule has 2 aliphatic heterocycles. The van der Waals surface area contributed by atoms with Gasteiger partial charge in [-0.15, -0.1) is 0 Å². The lowest BCUT2D eigenvalue weighted by atomic mass is 9.76. The second-order valence-electron chi connectivity index (χ2n) is 6.09. The van der Waals surface area contributed by atoms with Crippen molar-refractivity contribution < 1.29 is 4.74 Å². The lowest BCUT2D eigenvalue weighted by molar-refractivity contribution is 0.0704. The van der Waals surface area contributed by atoms with Gasteiger partial charge < -0.3 is 14.5 Å². The molecule has 0 radical (unpaired) electrons. The third-order valence-corrected chi connectivity index (χ3v) is 3.96. The van der Waals surface area contributed by atoms with E-state index in [0.717, 1.165) is 12.5 Å². The van der Waals surface area contributed by atoms with Gasteiger partial charge in [0.05, 0.1) is 18.8 Å². The fraction of sp³-hybridized carbons (Fsp3) is 0.923. The van der Waals surface area contributed by atoms with E-state index in [1.165, 1.54) is 19.3 Å². The lowest BCUT2D eigenvalue weighted by Gasteiger charge is -2.31. The molecule has 0 N–H and O–H groups in total. The molecule has 2 heterocycles. The van der Waals surface area contributed by atoms with E-state index in [2.05, 4.69) is 16.7 Å². The van der Waals surface area contributed by atoms with Crippen molar-refractivity contribution in [1.29, 1.82) is 0 Å². The van der Waals surface area contributed by atoms with Gasteiger partial charge in [0.15, 0.2) is 5.96 Å². The normalized spacial score (nSPS) is 34.9. The smallest absolute Gasteiger partial charge is 0.195 e. The molecule has 4 heteroatoms. The van der Waals surface area contributed by atoms with Gasteiger partial charge in [0.25, 0.3) is 0 Å². The molecule has 2 rings (SSSR count). The minimum Gasteiger partial charge on any atom is -0.374 e. The summed E-state index contributed by atoms with van der Waals surface area (Å²) in [5, 5.41) is 0. The average Bonchev–Trinajstić information content (AvgIpc) is 2.76. The number of guanidine groups is 1. The Kier molecular flexibility index (Phi) is 3.34. The van der Waals surface area contributed by atoms with Gasteiger partial charge in [0, 0.05) is 33.6 Å². The maximum absolute atomic E-state index is 5.94. The van der Waals surface area contributed by atoms with Crippen LogP contribution in [-0.4, -0.2) is 62.7 Å². The van der Waals surface area contributed by atoms with Crippen molar-refractivity contribution >= 4 is 5.96 Å². The highest BCUT2D eigenvalue weighted by Crippen LogP contribution is 2.47. The molecule has 0 spiro atoms. The Morgan fingerprint density at radius 3 is 2.29 bits per heavy atom. The molecule has 0 saturated carbocycles. The molecule has 2 fully saturated rings. The number of ether oxygens (including phenoxy) is 1. The van der Waals surface area contributed by atoms with Gasteiger partial charge in [-0.05, 0) is 19.3 Å². The van der Waals surface area contributed by atoms with E-state index in [0.29, 0.717) is 12.2 Å². The zero-order valence-corrected chi connectivity index (χ0v) is 11.7. The van der Waals surface area contributed by atoms with Crippen molar-refractivity contribution in [3.05, 3.63) is 0 Å². The molecule has 3 atom stereocenters. The second kappa shape index (κ2) is 4.48. The van der Waals surface area contributed by atoms with Gasteiger partial charge in [-0.25, -0.2) is 0 Å². The maximum Gasteiger partial charge on any atom is 0.195 e. The summed E-state index contributed by atoms with van der Waals surface area (Å²) in [6.45, 7) is 3.20. The minimum atomic E-state index is 0.250. The van der Waals surface area contributed by atoms with Crippen LogP contribution >= 0.6 is 0 Å². The molecule has 17 heavy (non-hydrogen) atoms. The number of nitrogens with zero attached hydrogens (tertiary/aromatic N) is 3. The van der Waals surface area contributed by atoms with Crippen molar-refractivity contribution in [2.24, 2.45) is 10.4 Å². The first-order chi connectivity index (χ1) is 7.92. The van der Waals surface area contributed by atoms with Crippen molar-refractivity contribution in [1.82, 2.24) is 9.80 Å². The fourth-order valence-electron chi connectivity index (χ4n) is 3.12. The van der Waals surface area contributed by atoms with Gasteiger partial charge in [0.2, 0.25) is 0 Å². The van der Waals surface area contributed by atoms with Gasteiger partial charge in [0.1, 0.15) is 0 Å². The molecule has 4 nitrogen and oxygen atoms in total. The molecule has 3 unspecified atom stereocenters. The predicted molar refractivity (Wildman–Crippen MR) is 70.3 cm³/mol. The number of hydrogen-bond acceptors (Lipinski definition) is 2. The minimum absolute atomic E-state index is 0.250. The fourth-order valence-corrected chi connectivity index (χ4v) is 3.12. The summed E-state index contributed by atoms with van der Waals surface area (Å²) < 4.78 is 5.94. The molecule has 0 aromatic rings. The van der Waals surface area contributed by atoms with Crippen LogP contribution in [0.15, 0.2) is 4.99 Å². The largest absolute Gasteiger partial charge is 0.374 e. The quantitative estimate of drug-likeness (QED) is 0.539. The standard InChI is InChI=1S/C13H25N3O/c1-13(8-10-6-7-11(13)17-10)9-14-12(15(2)3)16(4)5/h10-11H,6-9H2,1-5H3. The SMILES string of the molecule is CN(C)C(=NCC1(C)CC2CCC1O2)N(C)C. The van der Waals surface area contributed by atoms with Crippen LogP contribution in [0.4, 0.5) is 0 Å². The van der Waals surface area contributed by atoms with Crippen LogP contribution in [0.1, 0.15) is 26.2 Å². The van der Waals surface area contributed by atoms with Crippen LogP contribution in [-0.2, 0) is 4.74 Å². The zero-order chi connectivity index (χ0) is 12.6. The van der Waals surface area contributed by atoms with Crippen LogP contribution in [0.3, 0.4) is 0 Å². The highest BCUT2D eigenvalue weighted by molar-refractivity contribution is 5.79.